The lowest BCUT2D eigenvalue weighted by molar-refractivity contribution is 0.354. The summed E-state index contributed by atoms with van der Waals surface area (Å²) in [6.45, 7) is 9.17. The molecule has 1 heterocycles. The lowest BCUT2D eigenvalue weighted by Gasteiger charge is -2.20. The molecule has 2 atom stereocenters. The Morgan fingerprint density at radius 3 is 2.83 bits per heavy atom. The van der Waals surface area contributed by atoms with Crippen molar-refractivity contribution in [3.8, 4) is 0 Å². The van der Waals surface area contributed by atoms with E-state index in [1.807, 2.05) is 6.20 Å². The molecule has 0 saturated heterocycles. The summed E-state index contributed by atoms with van der Waals surface area (Å²) in [4.78, 5) is 4.51. The van der Waals surface area contributed by atoms with E-state index in [-0.39, 0.29) is 0 Å². The molecule has 1 aliphatic carbocycles. The highest BCUT2D eigenvalue weighted by atomic mass is 15.1. The lowest BCUT2D eigenvalue weighted by Crippen LogP contribution is -2.28. The third-order valence-electron chi connectivity index (χ3n) is 4.05. The van der Waals surface area contributed by atoms with Gasteiger partial charge >= 0.3 is 0 Å². The smallest absolute Gasteiger partial charge is 0.108 e. The zero-order valence-electron chi connectivity index (χ0n) is 12.0. The molecule has 0 radical (unpaired) electrons. The summed E-state index contributed by atoms with van der Waals surface area (Å²) in [7, 11) is 0. The van der Waals surface area contributed by atoms with E-state index in [9.17, 15) is 0 Å². The molecule has 0 spiro atoms. The highest BCUT2D eigenvalue weighted by Gasteiger charge is 2.22. The average Bonchev–Trinajstić information content (AvgIpc) is 3.09. The Hall–Kier alpha value is -0.830. The van der Waals surface area contributed by atoms with Crippen molar-refractivity contribution in [3.05, 3.63) is 18.2 Å². The Morgan fingerprint density at radius 1 is 1.39 bits per heavy atom. The summed E-state index contributed by atoms with van der Waals surface area (Å²) in [6, 6.07) is 0.821. The van der Waals surface area contributed by atoms with Crippen LogP contribution in [0.2, 0.25) is 0 Å². The van der Waals surface area contributed by atoms with Crippen molar-refractivity contribution >= 4 is 0 Å². The molecule has 3 heteroatoms. The maximum Gasteiger partial charge on any atom is 0.108 e. The quantitative estimate of drug-likeness (QED) is 0.768. The molecule has 0 aromatic carbocycles. The Labute approximate surface area is 111 Å². The second-order valence-electron chi connectivity index (χ2n) is 5.88. The van der Waals surface area contributed by atoms with Gasteiger partial charge in [-0.05, 0) is 37.6 Å². The summed E-state index contributed by atoms with van der Waals surface area (Å²) in [5.41, 5.74) is 0. The zero-order valence-corrected chi connectivity index (χ0v) is 12.0. The molecular weight excluding hydrogens is 222 g/mol. The summed E-state index contributed by atoms with van der Waals surface area (Å²) >= 11 is 0. The van der Waals surface area contributed by atoms with Gasteiger partial charge in [-0.25, -0.2) is 4.98 Å². The molecular formula is C15H27N3. The summed E-state index contributed by atoms with van der Waals surface area (Å²) < 4.78 is 2.30. The number of aromatic nitrogens is 2. The minimum atomic E-state index is 0.689. The molecule has 1 fully saturated rings. The van der Waals surface area contributed by atoms with E-state index in [2.05, 4.69) is 41.8 Å². The van der Waals surface area contributed by atoms with Gasteiger partial charge in [0.1, 0.15) is 5.82 Å². The Bertz CT molecular complexity index is 354. The molecule has 3 nitrogen and oxygen atoms in total. The van der Waals surface area contributed by atoms with Gasteiger partial charge in [0.05, 0.1) is 0 Å². The van der Waals surface area contributed by atoms with Crippen LogP contribution in [-0.2, 0) is 13.0 Å². The van der Waals surface area contributed by atoms with Crippen LogP contribution in [0.15, 0.2) is 12.4 Å². The molecule has 1 N–H and O–H groups in total. The predicted molar refractivity (Wildman–Crippen MR) is 75.6 cm³/mol. The van der Waals surface area contributed by atoms with Gasteiger partial charge in [-0.2, -0.15) is 0 Å². The molecule has 18 heavy (non-hydrogen) atoms. The third-order valence-corrected chi connectivity index (χ3v) is 4.05. The van der Waals surface area contributed by atoms with E-state index >= 15 is 0 Å². The van der Waals surface area contributed by atoms with Crippen LogP contribution in [0, 0.1) is 11.8 Å². The van der Waals surface area contributed by atoms with Crippen molar-refractivity contribution in [2.75, 3.05) is 6.54 Å². The Morgan fingerprint density at radius 2 is 2.17 bits per heavy atom. The van der Waals surface area contributed by atoms with E-state index in [0.29, 0.717) is 5.92 Å². The summed E-state index contributed by atoms with van der Waals surface area (Å²) in [5.74, 6) is 2.66. The van der Waals surface area contributed by atoms with Crippen LogP contribution < -0.4 is 5.32 Å². The average molecular weight is 249 g/mol. The van der Waals surface area contributed by atoms with Gasteiger partial charge in [0.2, 0.25) is 0 Å². The lowest BCUT2D eigenvalue weighted by atomic mass is 9.92. The van der Waals surface area contributed by atoms with Crippen molar-refractivity contribution in [1.82, 2.24) is 14.9 Å². The highest BCUT2D eigenvalue weighted by Crippen LogP contribution is 2.21. The summed E-state index contributed by atoms with van der Waals surface area (Å²) in [5, 5.41) is 3.63. The second kappa shape index (κ2) is 6.37. The molecule has 102 valence electrons. The van der Waals surface area contributed by atoms with Gasteiger partial charge < -0.3 is 9.88 Å². The van der Waals surface area contributed by atoms with E-state index < -0.39 is 0 Å². The minimum absolute atomic E-state index is 0.689. The molecule has 1 aromatic heterocycles. The normalized spacial score (nSPS) is 18.8. The van der Waals surface area contributed by atoms with Crippen molar-refractivity contribution < 1.29 is 0 Å². The van der Waals surface area contributed by atoms with Crippen LogP contribution >= 0.6 is 0 Å². The number of aryl methyl sites for hydroxylation is 1. The standard InChI is InChI=1S/C15H27N3/c1-4-8-18-9-7-16-15(18)10-12(2)13(3)11-17-14-5-6-14/h7,9,12-14,17H,4-6,8,10-11H2,1-3H3. The number of rotatable bonds is 8. The molecule has 1 aliphatic rings. The molecule has 0 bridgehead atoms. The molecule has 0 aliphatic heterocycles. The number of nitrogens with one attached hydrogen (secondary N) is 1. The third kappa shape index (κ3) is 3.84. The van der Waals surface area contributed by atoms with Crippen LogP contribution in [0.25, 0.3) is 0 Å². The fourth-order valence-electron chi connectivity index (χ4n) is 2.30. The largest absolute Gasteiger partial charge is 0.335 e. The van der Waals surface area contributed by atoms with E-state index in [1.54, 1.807) is 0 Å². The first-order chi connectivity index (χ1) is 8.70. The first kappa shape index (κ1) is 13.6. The van der Waals surface area contributed by atoms with Gasteiger partial charge in [0.25, 0.3) is 0 Å². The maximum atomic E-state index is 4.51. The maximum absolute atomic E-state index is 4.51. The van der Waals surface area contributed by atoms with Crippen molar-refractivity contribution in [2.45, 2.75) is 59.0 Å². The van der Waals surface area contributed by atoms with Crippen molar-refractivity contribution in [1.29, 1.82) is 0 Å². The zero-order chi connectivity index (χ0) is 13.0. The fourth-order valence-corrected chi connectivity index (χ4v) is 2.30. The predicted octanol–water partition coefficient (Wildman–Crippen LogP) is 2.86. The van der Waals surface area contributed by atoms with Crippen LogP contribution in [0.4, 0.5) is 0 Å². The van der Waals surface area contributed by atoms with Crippen LogP contribution in [0.5, 0.6) is 0 Å². The van der Waals surface area contributed by atoms with Crippen molar-refractivity contribution in [2.24, 2.45) is 11.8 Å². The van der Waals surface area contributed by atoms with E-state index in [4.69, 9.17) is 0 Å². The number of imidazole rings is 1. The van der Waals surface area contributed by atoms with Gasteiger partial charge in [-0.3, -0.25) is 0 Å². The van der Waals surface area contributed by atoms with Gasteiger partial charge in [-0.1, -0.05) is 20.8 Å². The molecule has 1 saturated carbocycles. The Balaban J connectivity index is 1.80. The number of hydrogen-bond donors (Lipinski definition) is 1. The van der Waals surface area contributed by atoms with Crippen LogP contribution in [0.3, 0.4) is 0 Å². The van der Waals surface area contributed by atoms with Crippen LogP contribution in [0.1, 0.15) is 45.9 Å². The molecule has 2 rings (SSSR count). The minimum Gasteiger partial charge on any atom is -0.335 e. The second-order valence-corrected chi connectivity index (χ2v) is 5.88. The van der Waals surface area contributed by atoms with Crippen LogP contribution in [-0.4, -0.2) is 22.1 Å². The first-order valence-corrected chi connectivity index (χ1v) is 7.44. The monoisotopic (exact) mass is 249 g/mol. The topological polar surface area (TPSA) is 29.9 Å². The van der Waals surface area contributed by atoms with Gasteiger partial charge in [0, 0.05) is 31.4 Å². The van der Waals surface area contributed by atoms with Gasteiger partial charge in [0.15, 0.2) is 0 Å². The number of nitrogens with zero attached hydrogens (tertiary/aromatic N) is 2. The van der Waals surface area contributed by atoms with E-state index in [1.165, 1.54) is 25.1 Å². The molecule has 0 amide bonds. The number of hydrogen-bond acceptors (Lipinski definition) is 2. The van der Waals surface area contributed by atoms with Gasteiger partial charge in [-0.15, -0.1) is 0 Å². The SMILES string of the molecule is CCCn1ccnc1CC(C)C(C)CNC1CC1. The highest BCUT2D eigenvalue weighted by molar-refractivity contribution is 4.94. The molecule has 2 unspecified atom stereocenters. The first-order valence-electron chi connectivity index (χ1n) is 7.44. The Kier molecular flexibility index (Phi) is 4.81. The van der Waals surface area contributed by atoms with E-state index in [0.717, 1.165) is 31.5 Å². The molecule has 1 aromatic rings. The fraction of sp³-hybridized carbons (Fsp3) is 0.800. The van der Waals surface area contributed by atoms with Crippen molar-refractivity contribution in [3.63, 3.8) is 0 Å². The summed E-state index contributed by atoms with van der Waals surface area (Å²) in [6.07, 6.45) is 9.07.